The van der Waals surface area contributed by atoms with Crippen molar-refractivity contribution in [3.63, 3.8) is 0 Å². The third-order valence-electron chi connectivity index (χ3n) is 9.12. The standard InChI is InChI=1S/C38H49N7O3/c1-38(2,3)28-14-16-30(17-15-28)45-35(26-34(42-45)33-10-5-6-21-40-33)41-22-7-11-36(47)44(24-20-29-9-8-23-43(29)4)37(48)32(39)25-27-12-18-31(46)19-13-27/h5-6,10,12-19,21,26,29,32,41,46H,7-9,11,20,22-25,39H2,1-4H3. The number of nitrogens with one attached hydrogen (secondary N) is 1. The number of anilines is 1. The first-order valence-corrected chi connectivity index (χ1v) is 16.9. The number of carbonyl (C=O) groups is 2. The van der Waals surface area contributed by atoms with E-state index < -0.39 is 6.04 Å². The number of aromatic hydroxyl groups is 1. The van der Waals surface area contributed by atoms with E-state index in [-0.39, 0.29) is 35.8 Å². The molecule has 0 aliphatic carbocycles. The van der Waals surface area contributed by atoms with Crippen LogP contribution in [0.5, 0.6) is 5.75 Å². The summed E-state index contributed by atoms with van der Waals surface area (Å²) in [6, 6.07) is 22.2. The van der Waals surface area contributed by atoms with E-state index >= 15 is 0 Å². The molecular formula is C38H49N7O3. The van der Waals surface area contributed by atoms with Crippen molar-refractivity contribution < 1.29 is 14.7 Å². The highest BCUT2D eigenvalue weighted by molar-refractivity contribution is 5.97. The Balaban J connectivity index is 1.26. The molecule has 1 aliphatic rings. The van der Waals surface area contributed by atoms with E-state index in [4.69, 9.17) is 10.8 Å². The maximum atomic E-state index is 13.6. The largest absolute Gasteiger partial charge is 0.508 e. The SMILES string of the molecule is CN1CCCC1CCN(C(=O)CCCNc1cc(-c2ccccn2)nn1-c1ccc(C(C)(C)C)cc1)C(=O)C(N)Cc1ccc(O)cc1. The Kier molecular flexibility index (Phi) is 11.3. The predicted molar refractivity (Wildman–Crippen MR) is 190 cm³/mol. The lowest BCUT2D eigenvalue weighted by molar-refractivity contribution is -0.146. The number of phenolic OH excluding ortho intramolecular Hbond substituents is 1. The van der Waals surface area contributed by atoms with E-state index in [1.165, 1.54) is 10.5 Å². The average molecular weight is 652 g/mol. The van der Waals surface area contributed by atoms with Crippen LogP contribution in [-0.4, -0.2) is 80.3 Å². The monoisotopic (exact) mass is 651 g/mol. The number of hydrogen-bond acceptors (Lipinski definition) is 8. The molecule has 5 rings (SSSR count). The predicted octanol–water partition coefficient (Wildman–Crippen LogP) is 5.54. The van der Waals surface area contributed by atoms with Gasteiger partial charge in [0.2, 0.25) is 11.8 Å². The molecule has 1 fully saturated rings. The van der Waals surface area contributed by atoms with Crippen molar-refractivity contribution in [2.45, 2.75) is 76.8 Å². The lowest BCUT2D eigenvalue weighted by Gasteiger charge is -2.27. The van der Waals surface area contributed by atoms with Crippen LogP contribution in [0.1, 0.15) is 64.0 Å². The minimum Gasteiger partial charge on any atom is -0.508 e. The molecule has 10 heteroatoms. The molecule has 254 valence electrons. The van der Waals surface area contributed by atoms with Crippen LogP contribution in [0.25, 0.3) is 17.1 Å². The fraction of sp³-hybridized carbons (Fsp3) is 0.421. The van der Waals surface area contributed by atoms with Crippen molar-refractivity contribution in [1.29, 1.82) is 0 Å². The molecule has 0 saturated carbocycles. The number of nitrogens with zero attached hydrogens (tertiary/aromatic N) is 5. The van der Waals surface area contributed by atoms with Gasteiger partial charge in [0.1, 0.15) is 17.3 Å². The van der Waals surface area contributed by atoms with Crippen molar-refractivity contribution in [2.75, 3.05) is 32.0 Å². The molecule has 2 amide bonds. The van der Waals surface area contributed by atoms with Gasteiger partial charge in [-0.2, -0.15) is 5.10 Å². The summed E-state index contributed by atoms with van der Waals surface area (Å²) in [4.78, 5) is 35.4. The number of phenols is 1. The van der Waals surface area contributed by atoms with E-state index in [9.17, 15) is 14.7 Å². The first-order valence-electron chi connectivity index (χ1n) is 16.9. The molecule has 4 aromatic rings. The van der Waals surface area contributed by atoms with Crippen molar-refractivity contribution in [3.05, 3.63) is 90.1 Å². The topological polar surface area (TPSA) is 130 Å². The van der Waals surface area contributed by atoms with Crippen molar-refractivity contribution in [1.82, 2.24) is 24.6 Å². The molecule has 3 heterocycles. The zero-order valence-electron chi connectivity index (χ0n) is 28.6. The number of rotatable bonds is 13. The second kappa shape index (κ2) is 15.6. The summed E-state index contributed by atoms with van der Waals surface area (Å²) in [6.07, 6.45) is 5.66. The Labute approximate surface area is 284 Å². The summed E-state index contributed by atoms with van der Waals surface area (Å²) in [6.45, 7) is 8.44. The molecule has 2 atom stereocenters. The molecule has 2 unspecified atom stereocenters. The Morgan fingerprint density at radius 1 is 1.06 bits per heavy atom. The van der Waals surface area contributed by atoms with E-state index in [0.717, 1.165) is 54.3 Å². The first kappa shape index (κ1) is 34.8. The van der Waals surface area contributed by atoms with Gasteiger partial charge < -0.3 is 21.1 Å². The van der Waals surface area contributed by atoms with Gasteiger partial charge in [-0.05, 0) is 98.6 Å². The van der Waals surface area contributed by atoms with Crippen molar-refractivity contribution in [3.8, 4) is 22.8 Å². The van der Waals surface area contributed by atoms with Crippen molar-refractivity contribution in [2.24, 2.45) is 5.73 Å². The number of pyridine rings is 1. The van der Waals surface area contributed by atoms with Gasteiger partial charge >= 0.3 is 0 Å². The number of carbonyl (C=O) groups excluding carboxylic acids is 2. The minimum absolute atomic E-state index is 0.0348. The zero-order valence-corrected chi connectivity index (χ0v) is 28.6. The summed E-state index contributed by atoms with van der Waals surface area (Å²) in [5, 5.41) is 18.0. The molecule has 1 aliphatic heterocycles. The fourth-order valence-corrected chi connectivity index (χ4v) is 6.19. The number of likely N-dealkylation sites (tertiary alicyclic amines) is 1. The molecule has 4 N–H and O–H groups in total. The maximum absolute atomic E-state index is 13.6. The van der Waals surface area contributed by atoms with Crippen LogP contribution in [0, 0.1) is 0 Å². The molecule has 0 radical (unpaired) electrons. The minimum atomic E-state index is -0.859. The van der Waals surface area contributed by atoms with Gasteiger partial charge in [-0.15, -0.1) is 0 Å². The molecule has 0 spiro atoms. The maximum Gasteiger partial charge on any atom is 0.246 e. The van der Waals surface area contributed by atoms with Crippen molar-refractivity contribution >= 4 is 17.6 Å². The van der Waals surface area contributed by atoms with Crippen LogP contribution >= 0.6 is 0 Å². The highest BCUT2D eigenvalue weighted by Gasteiger charge is 2.29. The number of benzene rings is 2. The van der Waals surface area contributed by atoms with Crippen LogP contribution in [0.4, 0.5) is 5.82 Å². The van der Waals surface area contributed by atoms with Gasteiger partial charge in [-0.3, -0.25) is 19.5 Å². The molecule has 1 saturated heterocycles. The highest BCUT2D eigenvalue weighted by atomic mass is 16.3. The van der Waals surface area contributed by atoms with Gasteiger partial charge in [-0.25, -0.2) is 4.68 Å². The molecule has 0 bridgehead atoms. The Morgan fingerprint density at radius 2 is 1.81 bits per heavy atom. The summed E-state index contributed by atoms with van der Waals surface area (Å²) in [5.41, 5.74) is 10.9. The zero-order chi connectivity index (χ0) is 34.3. The van der Waals surface area contributed by atoms with Crippen LogP contribution < -0.4 is 11.1 Å². The normalized spacial score (nSPS) is 15.7. The third-order valence-corrected chi connectivity index (χ3v) is 9.12. The lowest BCUT2D eigenvalue weighted by Crippen LogP contribution is -2.49. The number of hydrogen-bond donors (Lipinski definition) is 3. The summed E-state index contributed by atoms with van der Waals surface area (Å²) >= 11 is 0. The summed E-state index contributed by atoms with van der Waals surface area (Å²) < 4.78 is 1.87. The Hall–Kier alpha value is -4.54. The highest BCUT2D eigenvalue weighted by Crippen LogP contribution is 2.27. The van der Waals surface area contributed by atoms with Gasteiger partial charge in [0.05, 0.1) is 17.4 Å². The van der Waals surface area contributed by atoms with Gasteiger partial charge in [0.15, 0.2) is 0 Å². The van der Waals surface area contributed by atoms with Crippen LogP contribution in [-0.2, 0) is 21.4 Å². The van der Waals surface area contributed by atoms with Gasteiger partial charge in [-0.1, -0.05) is 51.1 Å². The van der Waals surface area contributed by atoms with E-state index in [2.05, 4.69) is 67.3 Å². The van der Waals surface area contributed by atoms with E-state index in [0.29, 0.717) is 25.6 Å². The van der Waals surface area contributed by atoms with Crippen LogP contribution in [0.15, 0.2) is 79.0 Å². The molecule has 48 heavy (non-hydrogen) atoms. The number of aromatic nitrogens is 3. The lowest BCUT2D eigenvalue weighted by atomic mass is 9.87. The van der Waals surface area contributed by atoms with Gasteiger partial charge in [0, 0.05) is 37.8 Å². The quantitative estimate of drug-likeness (QED) is 0.161. The number of amides is 2. The van der Waals surface area contributed by atoms with E-state index in [1.54, 1.807) is 30.5 Å². The number of imide groups is 1. The Bertz CT molecular complexity index is 1650. The summed E-state index contributed by atoms with van der Waals surface area (Å²) in [5.74, 6) is 0.362. The average Bonchev–Trinajstić information content (AvgIpc) is 3.70. The second-order valence-corrected chi connectivity index (χ2v) is 13.8. The van der Waals surface area contributed by atoms with E-state index in [1.807, 2.05) is 28.9 Å². The fourth-order valence-electron chi connectivity index (χ4n) is 6.19. The second-order valence-electron chi connectivity index (χ2n) is 13.8. The Morgan fingerprint density at radius 3 is 2.46 bits per heavy atom. The smallest absolute Gasteiger partial charge is 0.246 e. The van der Waals surface area contributed by atoms with Crippen LogP contribution in [0.2, 0.25) is 0 Å². The first-order chi connectivity index (χ1) is 23.0. The number of nitrogens with two attached hydrogens (primary N) is 1. The van der Waals surface area contributed by atoms with Gasteiger partial charge in [0.25, 0.3) is 0 Å². The molecule has 2 aromatic heterocycles. The molecular weight excluding hydrogens is 602 g/mol. The molecule has 2 aromatic carbocycles. The summed E-state index contributed by atoms with van der Waals surface area (Å²) in [7, 11) is 2.09. The molecule has 10 nitrogen and oxygen atoms in total. The third kappa shape index (κ3) is 8.87. The van der Waals surface area contributed by atoms with Crippen LogP contribution in [0.3, 0.4) is 0 Å².